The molecule has 2 amide bonds. The maximum atomic E-state index is 12.7. The monoisotopic (exact) mass is 383 g/mol. The van der Waals surface area contributed by atoms with Crippen LogP contribution < -0.4 is 10.6 Å². The van der Waals surface area contributed by atoms with Crippen LogP contribution in [0.3, 0.4) is 0 Å². The molecular weight excluding hydrogens is 350 g/mol. The number of carbonyl (C=O) groups excluding carboxylic acids is 2. The van der Waals surface area contributed by atoms with Gasteiger partial charge in [-0.05, 0) is 50.7 Å². The van der Waals surface area contributed by atoms with Gasteiger partial charge in [-0.1, -0.05) is 43.9 Å². The lowest BCUT2D eigenvalue weighted by Gasteiger charge is -2.48. The highest BCUT2D eigenvalue weighted by molar-refractivity contribution is 5.92. The van der Waals surface area contributed by atoms with Gasteiger partial charge in [-0.25, -0.2) is 0 Å². The fourth-order valence-electron chi connectivity index (χ4n) is 5.43. The molecule has 2 atom stereocenters. The van der Waals surface area contributed by atoms with E-state index in [1.54, 1.807) is 0 Å². The molecule has 5 nitrogen and oxygen atoms in total. The summed E-state index contributed by atoms with van der Waals surface area (Å²) in [6, 6.07) is 10.8. The summed E-state index contributed by atoms with van der Waals surface area (Å²) in [5.41, 5.74) is 0.854. The van der Waals surface area contributed by atoms with Crippen LogP contribution in [0, 0.1) is 5.92 Å². The van der Waals surface area contributed by atoms with Crippen LogP contribution in [0.25, 0.3) is 0 Å². The SMILES string of the molecule is O=C(CN1[C@@H]2CCC[C@@H]1CC(NC(=O)C1CCCCC1)C2)Nc1ccccc1. The van der Waals surface area contributed by atoms with Crippen LogP contribution in [-0.2, 0) is 9.59 Å². The van der Waals surface area contributed by atoms with Crippen molar-refractivity contribution in [2.45, 2.75) is 82.3 Å². The van der Waals surface area contributed by atoms with E-state index in [4.69, 9.17) is 0 Å². The average molecular weight is 384 g/mol. The van der Waals surface area contributed by atoms with Gasteiger partial charge in [0.1, 0.15) is 0 Å². The molecule has 28 heavy (non-hydrogen) atoms. The lowest BCUT2D eigenvalue weighted by Crippen LogP contribution is -2.58. The van der Waals surface area contributed by atoms with Crippen LogP contribution in [0.1, 0.15) is 64.2 Å². The van der Waals surface area contributed by atoms with E-state index in [9.17, 15) is 9.59 Å². The Labute approximate surface area is 168 Å². The lowest BCUT2D eigenvalue weighted by atomic mass is 9.81. The summed E-state index contributed by atoms with van der Waals surface area (Å²) in [5, 5.41) is 6.38. The predicted molar refractivity (Wildman–Crippen MR) is 111 cm³/mol. The molecule has 5 heteroatoms. The maximum Gasteiger partial charge on any atom is 0.238 e. The molecule has 2 heterocycles. The quantitative estimate of drug-likeness (QED) is 0.815. The average Bonchev–Trinajstić information content (AvgIpc) is 2.70. The predicted octanol–water partition coefficient (Wildman–Crippen LogP) is 3.71. The molecule has 0 radical (unpaired) electrons. The molecule has 2 bridgehead atoms. The standard InChI is InChI=1S/C23H33N3O2/c27-22(24-18-10-5-2-6-11-18)16-26-20-12-7-13-21(26)15-19(14-20)25-23(28)17-8-3-1-4-9-17/h2,5-6,10-11,17,19-21H,1,3-4,7-9,12-16H2,(H,24,27)(H,25,28)/t20-,21-/m1/s1. The van der Waals surface area contributed by atoms with E-state index in [1.807, 2.05) is 30.3 Å². The van der Waals surface area contributed by atoms with Gasteiger partial charge in [0, 0.05) is 29.7 Å². The van der Waals surface area contributed by atoms with Crippen molar-refractivity contribution in [3.63, 3.8) is 0 Å². The van der Waals surface area contributed by atoms with Crippen molar-refractivity contribution in [1.29, 1.82) is 0 Å². The van der Waals surface area contributed by atoms with Gasteiger partial charge in [-0.3, -0.25) is 14.5 Å². The molecule has 3 fully saturated rings. The van der Waals surface area contributed by atoms with Crippen molar-refractivity contribution in [1.82, 2.24) is 10.2 Å². The zero-order valence-electron chi connectivity index (χ0n) is 16.7. The first kappa shape index (κ1) is 19.4. The van der Waals surface area contributed by atoms with Crippen LogP contribution in [0.5, 0.6) is 0 Å². The second kappa shape index (κ2) is 9.08. The molecule has 1 aromatic rings. The highest BCUT2D eigenvalue weighted by Gasteiger charge is 2.39. The van der Waals surface area contributed by atoms with Gasteiger partial charge in [0.25, 0.3) is 0 Å². The number of piperidine rings is 2. The molecule has 0 aromatic heterocycles. The van der Waals surface area contributed by atoms with Crippen molar-refractivity contribution in [2.24, 2.45) is 5.92 Å². The Morgan fingerprint density at radius 2 is 1.57 bits per heavy atom. The number of nitrogens with one attached hydrogen (secondary N) is 2. The second-order valence-electron chi connectivity index (χ2n) is 8.84. The van der Waals surface area contributed by atoms with Crippen molar-refractivity contribution in [2.75, 3.05) is 11.9 Å². The van der Waals surface area contributed by atoms with Gasteiger partial charge in [0.2, 0.25) is 11.8 Å². The van der Waals surface area contributed by atoms with E-state index in [2.05, 4.69) is 15.5 Å². The summed E-state index contributed by atoms with van der Waals surface area (Å²) < 4.78 is 0. The van der Waals surface area contributed by atoms with Gasteiger partial charge in [0.05, 0.1) is 6.54 Å². The van der Waals surface area contributed by atoms with Crippen LogP contribution in [0.4, 0.5) is 5.69 Å². The molecule has 2 N–H and O–H groups in total. The Morgan fingerprint density at radius 3 is 2.25 bits per heavy atom. The van der Waals surface area contributed by atoms with E-state index in [0.29, 0.717) is 18.6 Å². The zero-order valence-corrected chi connectivity index (χ0v) is 16.7. The molecule has 3 aliphatic rings. The maximum absolute atomic E-state index is 12.7. The fraction of sp³-hybridized carbons (Fsp3) is 0.652. The molecule has 152 valence electrons. The van der Waals surface area contributed by atoms with E-state index >= 15 is 0 Å². The third kappa shape index (κ3) is 4.75. The minimum atomic E-state index is 0.0628. The van der Waals surface area contributed by atoms with Crippen LogP contribution in [0.2, 0.25) is 0 Å². The van der Waals surface area contributed by atoms with Crippen molar-refractivity contribution in [3.8, 4) is 0 Å². The van der Waals surface area contributed by atoms with Crippen molar-refractivity contribution in [3.05, 3.63) is 30.3 Å². The Balaban J connectivity index is 1.31. The Kier molecular flexibility index (Phi) is 6.30. The first-order chi connectivity index (χ1) is 13.7. The van der Waals surface area contributed by atoms with Crippen molar-refractivity contribution >= 4 is 17.5 Å². The Hall–Kier alpha value is -1.88. The van der Waals surface area contributed by atoms with Gasteiger partial charge in [-0.2, -0.15) is 0 Å². The number of para-hydroxylation sites is 1. The number of hydrogen-bond donors (Lipinski definition) is 2. The number of amides is 2. The first-order valence-electron chi connectivity index (χ1n) is 11.1. The molecule has 1 saturated carbocycles. The number of carbonyl (C=O) groups is 2. The van der Waals surface area contributed by atoms with E-state index in [-0.39, 0.29) is 23.8 Å². The molecular formula is C23H33N3O2. The van der Waals surface area contributed by atoms with Gasteiger partial charge < -0.3 is 10.6 Å². The molecule has 0 spiro atoms. The highest BCUT2D eigenvalue weighted by Crippen LogP contribution is 2.34. The molecule has 1 aliphatic carbocycles. The summed E-state index contributed by atoms with van der Waals surface area (Å²) in [5.74, 6) is 0.564. The molecule has 2 aliphatic heterocycles. The number of hydrogen-bond acceptors (Lipinski definition) is 3. The summed E-state index contributed by atoms with van der Waals surface area (Å²) in [7, 11) is 0. The largest absolute Gasteiger partial charge is 0.353 e. The van der Waals surface area contributed by atoms with E-state index < -0.39 is 0 Å². The van der Waals surface area contributed by atoms with E-state index in [0.717, 1.165) is 44.2 Å². The van der Waals surface area contributed by atoms with Gasteiger partial charge >= 0.3 is 0 Å². The number of anilines is 1. The summed E-state index contributed by atoms with van der Waals surface area (Å²) in [6.45, 7) is 0.452. The normalized spacial score (nSPS) is 28.5. The van der Waals surface area contributed by atoms with Crippen LogP contribution in [0.15, 0.2) is 30.3 Å². The number of rotatable bonds is 5. The van der Waals surface area contributed by atoms with E-state index in [1.165, 1.54) is 25.7 Å². The molecule has 0 unspecified atom stereocenters. The van der Waals surface area contributed by atoms with Gasteiger partial charge in [-0.15, -0.1) is 0 Å². The number of fused-ring (bicyclic) bond motifs is 2. The molecule has 1 aromatic carbocycles. The summed E-state index contributed by atoms with van der Waals surface area (Å²) in [4.78, 5) is 27.6. The zero-order chi connectivity index (χ0) is 19.3. The van der Waals surface area contributed by atoms with Crippen molar-refractivity contribution < 1.29 is 9.59 Å². The highest BCUT2D eigenvalue weighted by atomic mass is 16.2. The Morgan fingerprint density at radius 1 is 0.893 bits per heavy atom. The minimum Gasteiger partial charge on any atom is -0.353 e. The smallest absolute Gasteiger partial charge is 0.238 e. The topological polar surface area (TPSA) is 61.4 Å². The lowest BCUT2D eigenvalue weighted by molar-refractivity contribution is -0.128. The Bertz CT molecular complexity index is 658. The first-order valence-corrected chi connectivity index (χ1v) is 11.1. The van der Waals surface area contributed by atoms with Gasteiger partial charge in [0.15, 0.2) is 0 Å². The number of benzene rings is 1. The third-order valence-electron chi connectivity index (χ3n) is 6.83. The van der Waals surface area contributed by atoms with Crippen LogP contribution >= 0.6 is 0 Å². The minimum absolute atomic E-state index is 0.0628. The fourth-order valence-corrected chi connectivity index (χ4v) is 5.43. The molecule has 4 rings (SSSR count). The molecule has 2 saturated heterocycles. The summed E-state index contributed by atoms with van der Waals surface area (Å²) >= 11 is 0. The van der Waals surface area contributed by atoms with Crippen LogP contribution in [-0.4, -0.2) is 41.4 Å². The summed E-state index contributed by atoms with van der Waals surface area (Å²) in [6.07, 6.45) is 11.2. The second-order valence-corrected chi connectivity index (χ2v) is 8.84. The number of nitrogens with zero attached hydrogens (tertiary/aromatic N) is 1. The third-order valence-corrected chi connectivity index (χ3v) is 6.83.